The zero-order valence-electron chi connectivity index (χ0n) is 9.31. The van der Waals surface area contributed by atoms with E-state index >= 15 is 0 Å². The van der Waals surface area contributed by atoms with Crippen LogP contribution in [0.3, 0.4) is 0 Å². The van der Waals surface area contributed by atoms with E-state index in [0.29, 0.717) is 12.2 Å². The summed E-state index contributed by atoms with van der Waals surface area (Å²) in [7, 11) is -3.26. The topological polar surface area (TPSA) is 71.1 Å². The van der Waals surface area contributed by atoms with E-state index < -0.39 is 10.0 Å². The number of rotatable bonds is 7. The second kappa shape index (κ2) is 6.44. The second-order valence-electron chi connectivity index (χ2n) is 3.41. The van der Waals surface area contributed by atoms with E-state index in [1.54, 1.807) is 24.5 Å². The Bertz CT molecular complexity index is 392. The predicted molar refractivity (Wildman–Crippen MR) is 64.8 cm³/mol. The molecule has 2 N–H and O–H groups in total. The minimum absolute atomic E-state index is 0.0787. The molecule has 1 aromatic rings. The van der Waals surface area contributed by atoms with Gasteiger partial charge in [0.2, 0.25) is 10.0 Å². The summed E-state index contributed by atoms with van der Waals surface area (Å²) in [6.07, 6.45) is 4.10. The molecule has 0 unspecified atom stereocenters. The summed E-state index contributed by atoms with van der Waals surface area (Å²) in [6, 6.07) is 3.24. The first-order chi connectivity index (χ1) is 7.64. The number of hydrogen-bond donors (Lipinski definition) is 2. The summed E-state index contributed by atoms with van der Waals surface area (Å²) in [5, 5.41) is 3.05. The molecule has 0 aliphatic heterocycles. The van der Waals surface area contributed by atoms with E-state index in [2.05, 4.69) is 15.0 Å². The molecule has 0 aliphatic rings. The van der Waals surface area contributed by atoms with Crippen LogP contribution in [0.5, 0.6) is 0 Å². The smallest absolute Gasteiger partial charge is 0.233 e. The van der Waals surface area contributed by atoms with Gasteiger partial charge >= 0.3 is 0 Å². The lowest BCUT2D eigenvalue weighted by Gasteiger charge is -2.07. The summed E-state index contributed by atoms with van der Waals surface area (Å²) in [5.41, 5.74) is 0.547. The van der Waals surface area contributed by atoms with Crippen molar-refractivity contribution in [3.63, 3.8) is 0 Å². The van der Waals surface area contributed by atoms with Crippen LogP contribution in [0.25, 0.3) is 0 Å². The molecule has 16 heavy (non-hydrogen) atoms. The van der Waals surface area contributed by atoms with Crippen molar-refractivity contribution >= 4 is 15.7 Å². The molecule has 1 rings (SSSR count). The molecule has 90 valence electrons. The lowest BCUT2D eigenvalue weighted by atomic mass is 10.4. The summed E-state index contributed by atoms with van der Waals surface area (Å²) in [6.45, 7) is 3.34. The van der Waals surface area contributed by atoms with Crippen LogP contribution in [0, 0.1) is 0 Å². The highest BCUT2D eigenvalue weighted by molar-refractivity contribution is 7.92. The highest BCUT2D eigenvalue weighted by Gasteiger charge is 2.08. The predicted octanol–water partition coefficient (Wildman–Crippen LogP) is 0.823. The largest absolute Gasteiger partial charge is 0.316 e. The molecule has 0 aliphatic carbocycles. The SMILES string of the molecule is CCCNCCS(=O)(=O)Nc1ccncc1. The molecule has 0 radical (unpaired) electrons. The summed E-state index contributed by atoms with van der Waals surface area (Å²) < 4.78 is 25.7. The van der Waals surface area contributed by atoms with Gasteiger partial charge in [-0.3, -0.25) is 9.71 Å². The molecule has 5 nitrogen and oxygen atoms in total. The summed E-state index contributed by atoms with van der Waals surface area (Å²) >= 11 is 0. The van der Waals surface area contributed by atoms with Gasteiger partial charge < -0.3 is 5.32 Å². The fourth-order valence-corrected chi connectivity index (χ4v) is 2.17. The first-order valence-corrected chi connectivity index (χ1v) is 6.90. The van der Waals surface area contributed by atoms with Crippen molar-refractivity contribution in [1.82, 2.24) is 10.3 Å². The average molecular weight is 243 g/mol. The summed E-state index contributed by atoms with van der Waals surface area (Å²) in [4.78, 5) is 3.81. The fourth-order valence-electron chi connectivity index (χ4n) is 1.16. The Hall–Kier alpha value is -1.14. The van der Waals surface area contributed by atoms with Gasteiger partial charge in [-0.05, 0) is 25.1 Å². The van der Waals surface area contributed by atoms with Gasteiger partial charge in [0.1, 0.15) is 0 Å². The first-order valence-electron chi connectivity index (χ1n) is 5.25. The monoisotopic (exact) mass is 243 g/mol. The molecular weight excluding hydrogens is 226 g/mol. The third-order valence-corrected chi connectivity index (χ3v) is 3.22. The molecule has 0 atom stereocenters. The van der Waals surface area contributed by atoms with E-state index in [4.69, 9.17) is 0 Å². The summed E-state index contributed by atoms with van der Waals surface area (Å²) in [5.74, 6) is 0.0787. The molecule has 0 saturated heterocycles. The van der Waals surface area contributed by atoms with Crippen molar-refractivity contribution in [3.8, 4) is 0 Å². The molecule has 1 aromatic heterocycles. The average Bonchev–Trinajstić information content (AvgIpc) is 2.25. The Morgan fingerprint density at radius 1 is 1.25 bits per heavy atom. The van der Waals surface area contributed by atoms with Crippen molar-refractivity contribution in [2.75, 3.05) is 23.6 Å². The minimum atomic E-state index is -3.26. The molecular formula is C10H17N3O2S. The number of nitrogens with one attached hydrogen (secondary N) is 2. The van der Waals surface area contributed by atoms with Crippen molar-refractivity contribution < 1.29 is 8.42 Å². The first kappa shape index (κ1) is 12.9. The maximum Gasteiger partial charge on any atom is 0.233 e. The molecule has 0 spiro atoms. The lowest BCUT2D eigenvalue weighted by Crippen LogP contribution is -2.27. The minimum Gasteiger partial charge on any atom is -0.316 e. The van der Waals surface area contributed by atoms with Gasteiger partial charge in [0.05, 0.1) is 11.4 Å². The third-order valence-electron chi connectivity index (χ3n) is 1.93. The van der Waals surface area contributed by atoms with Crippen molar-refractivity contribution in [2.45, 2.75) is 13.3 Å². The Labute approximate surface area is 96.3 Å². The van der Waals surface area contributed by atoms with Crippen molar-refractivity contribution in [3.05, 3.63) is 24.5 Å². The van der Waals surface area contributed by atoms with E-state index in [1.165, 1.54) is 0 Å². The Balaban J connectivity index is 2.40. The van der Waals surface area contributed by atoms with E-state index in [-0.39, 0.29) is 5.75 Å². The van der Waals surface area contributed by atoms with Crippen LogP contribution < -0.4 is 10.0 Å². The molecule has 1 heterocycles. The Kier molecular flexibility index (Phi) is 5.21. The van der Waals surface area contributed by atoms with Crippen LogP contribution in [-0.2, 0) is 10.0 Å². The zero-order valence-corrected chi connectivity index (χ0v) is 10.1. The standard InChI is InChI=1S/C10H17N3O2S/c1-2-5-11-8-9-16(14,15)13-10-3-6-12-7-4-10/h3-4,6-7,11H,2,5,8-9H2,1H3,(H,12,13). The highest BCUT2D eigenvalue weighted by Crippen LogP contribution is 2.05. The van der Waals surface area contributed by atoms with Gasteiger partial charge in [0.15, 0.2) is 0 Å². The lowest BCUT2D eigenvalue weighted by molar-refractivity contribution is 0.595. The van der Waals surface area contributed by atoms with Crippen LogP contribution in [-0.4, -0.2) is 32.2 Å². The Morgan fingerprint density at radius 3 is 2.56 bits per heavy atom. The van der Waals surface area contributed by atoms with Gasteiger partial charge in [0.25, 0.3) is 0 Å². The number of aromatic nitrogens is 1. The van der Waals surface area contributed by atoms with Crippen molar-refractivity contribution in [2.24, 2.45) is 0 Å². The van der Waals surface area contributed by atoms with Gasteiger partial charge in [-0.15, -0.1) is 0 Å². The molecule has 0 fully saturated rings. The number of pyridine rings is 1. The van der Waals surface area contributed by atoms with E-state index in [9.17, 15) is 8.42 Å². The zero-order chi connectivity index (χ0) is 11.9. The van der Waals surface area contributed by atoms with Gasteiger partial charge in [-0.2, -0.15) is 0 Å². The van der Waals surface area contributed by atoms with Crippen molar-refractivity contribution in [1.29, 1.82) is 0 Å². The van der Waals surface area contributed by atoms with Crippen LogP contribution in [0.4, 0.5) is 5.69 Å². The van der Waals surface area contributed by atoms with Crippen LogP contribution in [0.1, 0.15) is 13.3 Å². The molecule has 0 saturated carbocycles. The van der Waals surface area contributed by atoms with Gasteiger partial charge in [-0.1, -0.05) is 6.92 Å². The van der Waals surface area contributed by atoms with Gasteiger partial charge in [-0.25, -0.2) is 8.42 Å². The number of sulfonamides is 1. The highest BCUT2D eigenvalue weighted by atomic mass is 32.2. The second-order valence-corrected chi connectivity index (χ2v) is 5.25. The van der Waals surface area contributed by atoms with Crippen LogP contribution >= 0.6 is 0 Å². The maximum absolute atomic E-state index is 11.6. The molecule has 0 amide bonds. The Morgan fingerprint density at radius 2 is 1.94 bits per heavy atom. The molecule has 0 aromatic carbocycles. The maximum atomic E-state index is 11.6. The van der Waals surface area contributed by atoms with E-state index in [0.717, 1.165) is 13.0 Å². The number of hydrogen-bond acceptors (Lipinski definition) is 4. The van der Waals surface area contributed by atoms with E-state index in [1.807, 2.05) is 6.92 Å². The van der Waals surface area contributed by atoms with Crippen LogP contribution in [0.2, 0.25) is 0 Å². The van der Waals surface area contributed by atoms with Crippen LogP contribution in [0.15, 0.2) is 24.5 Å². The quantitative estimate of drug-likeness (QED) is 0.696. The molecule has 0 bridgehead atoms. The third kappa shape index (κ3) is 5.09. The number of nitrogens with zero attached hydrogens (tertiary/aromatic N) is 1. The number of anilines is 1. The molecule has 6 heteroatoms. The normalized spacial score (nSPS) is 11.3. The van der Waals surface area contributed by atoms with Gasteiger partial charge in [0, 0.05) is 18.9 Å². The fraction of sp³-hybridized carbons (Fsp3) is 0.500.